The van der Waals surface area contributed by atoms with Crippen LogP contribution in [0.4, 0.5) is 5.82 Å². The molecule has 3 aromatic rings. The Morgan fingerprint density at radius 3 is 2.66 bits per heavy atom. The lowest BCUT2D eigenvalue weighted by molar-refractivity contribution is 0.0951. The van der Waals surface area contributed by atoms with E-state index in [0.717, 1.165) is 41.7 Å². The van der Waals surface area contributed by atoms with Gasteiger partial charge in [0.25, 0.3) is 11.8 Å². The van der Waals surface area contributed by atoms with Gasteiger partial charge < -0.3 is 24.4 Å². The molecule has 1 saturated heterocycles. The summed E-state index contributed by atoms with van der Waals surface area (Å²) >= 11 is 1.93. The van der Waals surface area contributed by atoms with Gasteiger partial charge >= 0.3 is 0 Å². The number of rotatable bonds is 6. The highest BCUT2D eigenvalue weighted by molar-refractivity contribution is 7.99. The molecular weight excluding hydrogens is 428 g/mol. The smallest absolute Gasteiger partial charge is 0.263 e. The summed E-state index contributed by atoms with van der Waals surface area (Å²) in [6.07, 6.45) is 3.30. The van der Waals surface area contributed by atoms with E-state index in [9.17, 15) is 4.79 Å². The third kappa shape index (κ3) is 4.57. The number of benzene rings is 2. The summed E-state index contributed by atoms with van der Waals surface area (Å²) in [5.74, 6) is 5.20. The molecule has 2 aliphatic heterocycles. The Morgan fingerprint density at radius 1 is 1.03 bits per heavy atom. The molecule has 0 radical (unpaired) electrons. The quantitative estimate of drug-likeness (QED) is 0.611. The fourth-order valence-electron chi connectivity index (χ4n) is 3.50. The van der Waals surface area contributed by atoms with E-state index < -0.39 is 0 Å². The van der Waals surface area contributed by atoms with Crippen LogP contribution >= 0.6 is 11.8 Å². The topological polar surface area (TPSA) is 85.8 Å². The van der Waals surface area contributed by atoms with Gasteiger partial charge in [-0.05, 0) is 42.0 Å². The normalized spacial score (nSPS) is 14.8. The van der Waals surface area contributed by atoms with Gasteiger partial charge in [-0.3, -0.25) is 4.79 Å². The number of nitrogens with zero attached hydrogens (tertiary/aromatic N) is 3. The van der Waals surface area contributed by atoms with Crippen LogP contribution in [0, 0.1) is 0 Å². The third-order valence-corrected chi connectivity index (χ3v) is 6.12. The van der Waals surface area contributed by atoms with E-state index in [1.165, 1.54) is 0 Å². The van der Waals surface area contributed by atoms with Crippen molar-refractivity contribution in [3.05, 3.63) is 66.0 Å². The van der Waals surface area contributed by atoms with Crippen LogP contribution in [-0.2, 0) is 6.54 Å². The van der Waals surface area contributed by atoms with Gasteiger partial charge in [0.1, 0.15) is 5.75 Å². The molecule has 2 aromatic carbocycles. The number of aromatic nitrogens is 2. The number of ether oxygens (including phenoxy) is 3. The molecule has 9 heteroatoms. The minimum absolute atomic E-state index is 0.166. The Bertz CT molecular complexity index is 1100. The highest BCUT2D eigenvalue weighted by Crippen LogP contribution is 2.32. The third-order valence-electron chi connectivity index (χ3n) is 5.18. The number of anilines is 1. The van der Waals surface area contributed by atoms with Crippen molar-refractivity contribution in [2.24, 2.45) is 0 Å². The van der Waals surface area contributed by atoms with Gasteiger partial charge in [0.05, 0.1) is 0 Å². The lowest BCUT2D eigenvalue weighted by Gasteiger charge is -2.28. The van der Waals surface area contributed by atoms with Crippen LogP contribution in [0.15, 0.2) is 54.9 Å². The minimum atomic E-state index is -0.166. The monoisotopic (exact) mass is 450 g/mol. The number of carbonyl (C=O) groups excluding carboxylic acids is 1. The second-order valence-corrected chi connectivity index (χ2v) is 8.51. The van der Waals surface area contributed by atoms with Gasteiger partial charge in [0, 0.05) is 49.1 Å². The molecule has 0 spiro atoms. The largest absolute Gasteiger partial charge is 0.454 e. The molecule has 0 aliphatic carbocycles. The summed E-state index contributed by atoms with van der Waals surface area (Å²) in [5, 5.41) is 2.92. The summed E-state index contributed by atoms with van der Waals surface area (Å²) in [5.41, 5.74) is 1.49. The van der Waals surface area contributed by atoms with Gasteiger partial charge in [0.2, 0.25) is 6.79 Å². The highest BCUT2D eigenvalue weighted by Gasteiger charge is 2.18. The standard InChI is InChI=1S/C23H22N4O4S/c28-22(26-14-16-1-6-19-20(13-16)30-15-29-19)17-2-4-18(5-3-17)31-23-21(24-7-8-25-23)27-9-11-32-12-10-27/h1-8,13H,9-12,14-15H2,(H,26,28). The first-order chi connectivity index (χ1) is 15.8. The van der Waals surface area contributed by atoms with E-state index in [4.69, 9.17) is 14.2 Å². The summed E-state index contributed by atoms with van der Waals surface area (Å²) in [6, 6.07) is 12.6. The van der Waals surface area contributed by atoms with Gasteiger partial charge in [-0.25, -0.2) is 9.97 Å². The lowest BCUT2D eigenvalue weighted by atomic mass is 10.1. The molecular formula is C23H22N4O4S. The fraction of sp³-hybridized carbons (Fsp3) is 0.261. The molecule has 5 rings (SSSR count). The molecule has 2 aliphatic rings. The van der Waals surface area contributed by atoms with E-state index in [-0.39, 0.29) is 12.7 Å². The van der Waals surface area contributed by atoms with Crippen molar-refractivity contribution in [2.75, 3.05) is 36.3 Å². The fourth-order valence-corrected chi connectivity index (χ4v) is 4.41. The van der Waals surface area contributed by atoms with Gasteiger partial charge in [0.15, 0.2) is 17.3 Å². The van der Waals surface area contributed by atoms with Crippen LogP contribution in [0.3, 0.4) is 0 Å². The molecule has 1 fully saturated rings. The number of carbonyl (C=O) groups is 1. The van der Waals surface area contributed by atoms with Crippen LogP contribution in [0.5, 0.6) is 23.1 Å². The van der Waals surface area contributed by atoms with E-state index in [1.807, 2.05) is 30.0 Å². The zero-order valence-electron chi connectivity index (χ0n) is 17.3. The number of thioether (sulfide) groups is 1. The van der Waals surface area contributed by atoms with Crippen LogP contribution < -0.4 is 24.4 Å². The van der Waals surface area contributed by atoms with E-state index in [0.29, 0.717) is 29.5 Å². The molecule has 8 nitrogen and oxygen atoms in total. The SMILES string of the molecule is O=C(NCc1ccc2c(c1)OCO2)c1ccc(Oc2nccnc2N2CCSCC2)cc1. The van der Waals surface area contributed by atoms with E-state index in [2.05, 4.69) is 20.2 Å². The maximum atomic E-state index is 12.5. The second-order valence-electron chi connectivity index (χ2n) is 7.28. The van der Waals surface area contributed by atoms with Gasteiger partial charge in [-0.2, -0.15) is 11.8 Å². The van der Waals surface area contributed by atoms with Crippen molar-refractivity contribution in [2.45, 2.75) is 6.54 Å². The zero-order chi connectivity index (χ0) is 21.8. The van der Waals surface area contributed by atoms with Crippen molar-refractivity contribution in [3.8, 4) is 23.1 Å². The Labute approximate surface area is 189 Å². The Balaban J connectivity index is 1.21. The number of nitrogens with one attached hydrogen (secondary N) is 1. The van der Waals surface area contributed by atoms with Crippen molar-refractivity contribution in [1.82, 2.24) is 15.3 Å². The molecule has 1 aromatic heterocycles. The predicted molar refractivity (Wildman–Crippen MR) is 122 cm³/mol. The predicted octanol–water partition coefficient (Wildman–Crippen LogP) is 3.48. The van der Waals surface area contributed by atoms with Crippen molar-refractivity contribution in [1.29, 1.82) is 0 Å². The molecule has 0 atom stereocenters. The Kier molecular flexibility index (Phi) is 5.98. The molecule has 164 valence electrons. The molecule has 0 unspecified atom stereocenters. The number of amides is 1. The maximum absolute atomic E-state index is 12.5. The first kappa shape index (κ1) is 20.4. The summed E-state index contributed by atoms with van der Waals surface area (Å²) in [6.45, 7) is 2.46. The van der Waals surface area contributed by atoms with Crippen LogP contribution in [0.1, 0.15) is 15.9 Å². The molecule has 1 N–H and O–H groups in total. The summed E-state index contributed by atoms with van der Waals surface area (Å²) < 4.78 is 16.7. The minimum Gasteiger partial charge on any atom is -0.454 e. The van der Waals surface area contributed by atoms with E-state index in [1.54, 1.807) is 36.7 Å². The lowest BCUT2D eigenvalue weighted by Crippen LogP contribution is -2.33. The number of hydrogen-bond donors (Lipinski definition) is 1. The molecule has 1 amide bonds. The summed E-state index contributed by atoms with van der Waals surface area (Å²) in [7, 11) is 0. The summed E-state index contributed by atoms with van der Waals surface area (Å²) in [4.78, 5) is 23.6. The van der Waals surface area contributed by atoms with Crippen molar-refractivity contribution < 1.29 is 19.0 Å². The average Bonchev–Trinajstić information content (AvgIpc) is 3.32. The average molecular weight is 451 g/mol. The molecule has 32 heavy (non-hydrogen) atoms. The zero-order valence-corrected chi connectivity index (χ0v) is 18.1. The van der Waals surface area contributed by atoms with E-state index >= 15 is 0 Å². The first-order valence-electron chi connectivity index (χ1n) is 10.3. The maximum Gasteiger partial charge on any atom is 0.263 e. The van der Waals surface area contributed by atoms with Crippen LogP contribution in [-0.4, -0.2) is 47.3 Å². The van der Waals surface area contributed by atoms with Gasteiger partial charge in [-0.15, -0.1) is 0 Å². The van der Waals surface area contributed by atoms with Crippen molar-refractivity contribution in [3.63, 3.8) is 0 Å². The number of fused-ring (bicyclic) bond motifs is 1. The molecule has 0 saturated carbocycles. The first-order valence-corrected chi connectivity index (χ1v) is 11.5. The number of hydrogen-bond acceptors (Lipinski definition) is 8. The molecule has 3 heterocycles. The Hall–Kier alpha value is -3.46. The molecule has 0 bridgehead atoms. The van der Waals surface area contributed by atoms with Crippen LogP contribution in [0.25, 0.3) is 0 Å². The van der Waals surface area contributed by atoms with Crippen LogP contribution in [0.2, 0.25) is 0 Å². The highest BCUT2D eigenvalue weighted by atomic mass is 32.2. The second kappa shape index (κ2) is 9.35. The Morgan fingerprint density at radius 2 is 1.81 bits per heavy atom. The van der Waals surface area contributed by atoms with Crippen molar-refractivity contribution >= 4 is 23.5 Å². The van der Waals surface area contributed by atoms with Gasteiger partial charge in [-0.1, -0.05) is 6.07 Å².